The Morgan fingerprint density at radius 2 is 1.81 bits per heavy atom. The second-order valence-corrected chi connectivity index (χ2v) is 4.39. The van der Waals surface area contributed by atoms with Crippen LogP contribution in [0.1, 0.15) is 24.8 Å². The molecule has 2 rings (SSSR count). The van der Waals surface area contributed by atoms with Gasteiger partial charge in [-0.25, -0.2) is 8.78 Å². The average Bonchev–Trinajstić information content (AvgIpc) is 2.29. The molecule has 16 heavy (non-hydrogen) atoms. The molecule has 0 amide bonds. The summed E-state index contributed by atoms with van der Waals surface area (Å²) in [7, 11) is 0. The van der Waals surface area contributed by atoms with Gasteiger partial charge < -0.3 is 4.90 Å². The van der Waals surface area contributed by atoms with Gasteiger partial charge in [0.2, 0.25) is 0 Å². The summed E-state index contributed by atoms with van der Waals surface area (Å²) in [4.78, 5) is 2.35. The number of hydrogen-bond donors (Lipinski definition) is 0. The van der Waals surface area contributed by atoms with Crippen molar-refractivity contribution >= 4 is 0 Å². The van der Waals surface area contributed by atoms with Crippen molar-refractivity contribution < 1.29 is 8.78 Å². The van der Waals surface area contributed by atoms with E-state index >= 15 is 0 Å². The monoisotopic (exact) mass is 225 g/mol. The Morgan fingerprint density at radius 1 is 1.06 bits per heavy atom. The van der Waals surface area contributed by atoms with E-state index in [0.29, 0.717) is 12.0 Å². The highest BCUT2D eigenvalue weighted by molar-refractivity contribution is 5.18. The van der Waals surface area contributed by atoms with Crippen LogP contribution in [-0.2, 0) is 6.42 Å². The molecule has 1 aliphatic rings. The Morgan fingerprint density at radius 3 is 2.50 bits per heavy atom. The van der Waals surface area contributed by atoms with Gasteiger partial charge in [-0.1, -0.05) is 12.5 Å². The van der Waals surface area contributed by atoms with Crippen molar-refractivity contribution in [1.29, 1.82) is 0 Å². The summed E-state index contributed by atoms with van der Waals surface area (Å²) in [5.41, 5.74) is 0.618. The van der Waals surface area contributed by atoms with Crippen LogP contribution in [0.2, 0.25) is 0 Å². The van der Waals surface area contributed by atoms with Crippen molar-refractivity contribution in [2.24, 2.45) is 0 Å². The average molecular weight is 225 g/mol. The van der Waals surface area contributed by atoms with Crippen LogP contribution in [-0.4, -0.2) is 24.5 Å². The number of benzene rings is 1. The molecule has 1 saturated heterocycles. The standard InChI is InChI=1S/C13H17F2N/c14-12-5-4-11(13(15)10-12)6-9-16-7-2-1-3-8-16/h4-5,10H,1-3,6-9H2. The fourth-order valence-electron chi connectivity index (χ4n) is 2.19. The summed E-state index contributed by atoms with van der Waals surface area (Å²) in [6.07, 6.45) is 4.46. The molecule has 0 atom stereocenters. The van der Waals surface area contributed by atoms with Gasteiger partial charge in [-0.05, 0) is 44.0 Å². The van der Waals surface area contributed by atoms with Gasteiger partial charge in [-0.15, -0.1) is 0 Å². The molecule has 1 nitrogen and oxygen atoms in total. The number of likely N-dealkylation sites (tertiary alicyclic amines) is 1. The fraction of sp³-hybridized carbons (Fsp3) is 0.538. The number of halogens is 2. The van der Waals surface area contributed by atoms with Gasteiger partial charge >= 0.3 is 0 Å². The highest BCUT2D eigenvalue weighted by Crippen LogP contribution is 2.13. The van der Waals surface area contributed by atoms with E-state index < -0.39 is 11.6 Å². The van der Waals surface area contributed by atoms with E-state index in [9.17, 15) is 8.78 Å². The van der Waals surface area contributed by atoms with Crippen LogP contribution in [0.3, 0.4) is 0 Å². The number of rotatable bonds is 3. The van der Waals surface area contributed by atoms with Crippen LogP contribution in [0, 0.1) is 11.6 Å². The second-order valence-electron chi connectivity index (χ2n) is 4.39. The summed E-state index contributed by atoms with van der Waals surface area (Å²) in [6, 6.07) is 3.84. The maximum atomic E-state index is 13.3. The third kappa shape index (κ3) is 3.01. The van der Waals surface area contributed by atoms with Crippen molar-refractivity contribution in [2.45, 2.75) is 25.7 Å². The van der Waals surface area contributed by atoms with Gasteiger partial charge in [0.1, 0.15) is 11.6 Å². The molecule has 0 aromatic heterocycles. The van der Waals surface area contributed by atoms with Gasteiger partial charge in [0.05, 0.1) is 0 Å². The van der Waals surface area contributed by atoms with E-state index in [1.807, 2.05) is 0 Å². The molecule has 1 aliphatic heterocycles. The Kier molecular flexibility index (Phi) is 3.88. The van der Waals surface area contributed by atoms with Crippen LogP contribution in [0.4, 0.5) is 8.78 Å². The van der Waals surface area contributed by atoms with E-state index in [4.69, 9.17) is 0 Å². The van der Waals surface area contributed by atoms with Crippen LogP contribution in [0.15, 0.2) is 18.2 Å². The van der Waals surface area contributed by atoms with Crippen molar-refractivity contribution in [3.05, 3.63) is 35.4 Å². The van der Waals surface area contributed by atoms with Crippen LogP contribution in [0.25, 0.3) is 0 Å². The lowest BCUT2D eigenvalue weighted by Gasteiger charge is -2.26. The molecule has 0 N–H and O–H groups in total. The molecule has 0 unspecified atom stereocenters. The first-order valence-electron chi connectivity index (χ1n) is 5.92. The molecule has 88 valence electrons. The first-order chi connectivity index (χ1) is 7.75. The highest BCUT2D eigenvalue weighted by atomic mass is 19.1. The SMILES string of the molecule is Fc1ccc(CCN2CCCCC2)c(F)c1. The van der Waals surface area contributed by atoms with Crippen LogP contribution < -0.4 is 0 Å². The maximum Gasteiger partial charge on any atom is 0.129 e. The van der Waals surface area contributed by atoms with Gasteiger partial charge in [0.15, 0.2) is 0 Å². The summed E-state index contributed by atoms with van der Waals surface area (Å²) >= 11 is 0. The van der Waals surface area contributed by atoms with E-state index in [1.54, 1.807) is 6.07 Å². The lowest BCUT2D eigenvalue weighted by atomic mass is 10.1. The lowest BCUT2D eigenvalue weighted by molar-refractivity contribution is 0.231. The normalized spacial score (nSPS) is 17.6. The molecule has 3 heteroatoms. The molecule has 0 aliphatic carbocycles. The highest BCUT2D eigenvalue weighted by Gasteiger charge is 2.11. The van der Waals surface area contributed by atoms with E-state index in [-0.39, 0.29) is 0 Å². The lowest BCUT2D eigenvalue weighted by Crippen LogP contribution is -2.31. The quantitative estimate of drug-likeness (QED) is 0.764. The van der Waals surface area contributed by atoms with Crippen LogP contribution >= 0.6 is 0 Å². The van der Waals surface area contributed by atoms with Crippen LogP contribution in [0.5, 0.6) is 0 Å². The smallest absolute Gasteiger partial charge is 0.129 e. The third-order valence-corrected chi connectivity index (χ3v) is 3.16. The first kappa shape index (κ1) is 11.5. The van der Waals surface area contributed by atoms with E-state index in [1.165, 1.54) is 25.3 Å². The van der Waals surface area contributed by atoms with Crippen molar-refractivity contribution in [3.8, 4) is 0 Å². The Hall–Kier alpha value is -0.960. The zero-order valence-electron chi connectivity index (χ0n) is 9.38. The molecular weight excluding hydrogens is 208 g/mol. The van der Waals surface area contributed by atoms with E-state index in [2.05, 4.69) is 4.90 Å². The second kappa shape index (κ2) is 5.39. The Balaban J connectivity index is 1.88. The fourth-order valence-corrected chi connectivity index (χ4v) is 2.19. The molecule has 1 aromatic rings. The minimum atomic E-state index is -0.501. The molecule has 0 bridgehead atoms. The van der Waals surface area contributed by atoms with Crippen molar-refractivity contribution in [1.82, 2.24) is 4.90 Å². The number of hydrogen-bond acceptors (Lipinski definition) is 1. The molecule has 1 aromatic carbocycles. The number of piperidine rings is 1. The molecule has 0 saturated carbocycles. The van der Waals surface area contributed by atoms with Crippen molar-refractivity contribution in [3.63, 3.8) is 0 Å². The minimum absolute atomic E-state index is 0.419. The molecule has 0 radical (unpaired) electrons. The number of nitrogens with zero attached hydrogens (tertiary/aromatic N) is 1. The largest absolute Gasteiger partial charge is 0.303 e. The molecule has 0 spiro atoms. The van der Waals surface area contributed by atoms with E-state index in [0.717, 1.165) is 25.7 Å². The van der Waals surface area contributed by atoms with Crippen molar-refractivity contribution in [2.75, 3.05) is 19.6 Å². The zero-order chi connectivity index (χ0) is 11.4. The van der Waals surface area contributed by atoms with Gasteiger partial charge in [-0.2, -0.15) is 0 Å². The summed E-state index contributed by atoms with van der Waals surface area (Å²) in [5.74, 6) is -0.920. The van der Waals surface area contributed by atoms with Gasteiger partial charge in [0, 0.05) is 12.6 Å². The summed E-state index contributed by atoms with van der Waals surface area (Å²) in [5, 5.41) is 0. The first-order valence-corrected chi connectivity index (χ1v) is 5.92. The zero-order valence-corrected chi connectivity index (χ0v) is 9.38. The summed E-state index contributed by atoms with van der Waals surface area (Å²) in [6.45, 7) is 3.11. The Bertz CT molecular complexity index is 346. The third-order valence-electron chi connectivity index (χ3n) is 3.16. The topological polar surface area (TPSA) is 3.24 Å². The molecule has 1 heterocycles. The van der Waals surface area contributed by atoms with Gasteiger partial charge in [-0.3, -0.25) is 0 Å². The van der Waals surface area contributed by atoms with Gasteiger partial charge in [0.25, 0.3) is 0 Å². The minimum Gasteiger partial charge on any atom is -0.303 e. The summed E-state index contributed by atoms with van der Waals surface area (Å²) < 4.78 is 26.0. The molecular formula is C13H17F2N. The Labute approximate surface area is 95.1 Å². The molecule has 1 fully saturated rings. The predicted molar refractivity (Wildman–Crippen MR) is 60.4 cm³/mol. The maximum absolute atomic E-state index is 13.3. The predicted octanol–water partition coefficient (Wildman–Crippen LogP) is 2.99.